The first kappa shape index (κ1) is 12.3. The summed E-state index contributed by atoms with van der Waals surface area (Å²) in [6.07, 6.45) is 1.78. The third kappa shape index (κ3) is 2.74. The Morgan fingerprint density at radius 1 is 1.39 bits per heavy atom. The number of aryl methyl sites for hydroxylation is 1. The minimum Gasteiger partial charge on any atom is -0.492 e. The summed E-state index contributed by atoms with van der Waals surface area (Å²) in [6.45, 7) is 3.26. The van der Waals surface area contributed by atoms with E-state index in [4.69, 9.17) is 10.5 Å². The average molecular weight is 246 g/mol. The van der Waals surface area contributed by atoms with E-state index in [-0.39, 0.29) is 0 Å². The zero-order valence-corrected chi connectivity index (χ0v) is 10.7. The van der Waals surface area contributed by atoms with Gasteiger partial charge in [-0.15, -0.1) is 0 Å². The van der Waals surface area contributed by atoms with E-state index in [1.807, 2.05) is 42.9 Å². The van der Waals surface area contributed by atoms with Crippen LogP contribution in [-0.2, 0) is 13.6 Å². The van der Waals surface area contributed by atoms with Crippen molar-refractivity contribution in [3.05, 3.63) is 36.2 Å². The van der Waals surface area contributed by atoms with Crippen molar-refractivity contribution in [2.75, 3.05) is 17.7 Å². The van der Waals surface area contributed by atoms with Crippen molar-refractivity contribution in [1.82, 2.24) is 9.78 Å². The van der Waals surface area contributed by atoms with E-state index in [0.717, 1.165) is 11.4 Å². The molecule has 96 valence electrons. The van der Waals surface area contributed by atoms with Crippen molar-refractivity contribution >= 4 is 11.4 Å². The van der Waals surface area contributed by atoms with Gasteiger partial charge < -0.3 is 15.8 Å². The highest BCUT2D eigenvalue weighted by Gasteiger charge is 2.03. The number of hydrogen-bond donors (Lipinski definition) is 2. The molecule has 0 fully saturated rings. The summed E-state index contributed by atoms with van der Waals surface area (Å²) in [4.78, 5) is 0. The molecule has 2 rings (SSSR count). The SMILES string of the molecule is CCOc1cc(NCc2ccnn2C)ccc1N. The Kier molecular flexibility index (Phi) is 3.72. The molecule has 1 aromatic carbocycles. The maximum absolute atomic E-state index is 5.82. The average Bonchev–Trinajstić information content (AvgIpc) is 2.76. The van der Waals surface area contributed by atoms with Crippen molar-refractivity contribution in [2.45, 2.75) is 13.5 Å². The van der Waals surface area contributed by atoms with E-state index < -0.39 is 0 Å². The predicted octanol–water partition coefficient (Wildman–Crippen LogP) is 2.01. The van der Waals surface area contributed by atoms with Gasteiger partial charge in [0, 0.05) is 25.0 Å². The number of aromatic nitrogens is 2. The second-order valence-electron chi connectivity index (χ2n) is 3.99. The molecule has 1 heterocycles. The van der Waals surface area contributed by atoms with Gasteiger partial charge in [0.1, 0.15) is 5.75 Å². The number of anilines is 2. The molecule has 0 aliphatic rings. The summed E-state index contributed by atoms with van der Waals surface area (Å²) >= 11 is 0. The number of nitrogens with one attached hydrogen (secondary N) is 1. The van der Waals surface area contributed by atoms with Gasteiger partial charge in [0.2, 0.25) is 0 Å². The third-order valence-electron chi connectivity index (χ3n) is 2.71. The lowest BCUT2D eigenvalue weighted by atomic mass is 10.2. The molecule has 2 aromatic rings. The van der Waals surface area contributed by atoms with E-state index >= 15 is 0 Å². The first-order chi connectivity index (χ1) is 8.70. The molecule has 1 aromatic heterocycles. The fourth-order valence-electron chi connectivity index (χ4n) is 1.69. The monoisotopic (exact) mass is 246 g/mol. The van der Waals surface area contributed by atoms with Crippen molar-refractivity contribution in [1.29, 1.82) is 0 Å². The van der Waals surface area contributed by atoms with Gasteiger partial charge in [-0.05, 0) is 25.1 Å². The van der Waals surface area contributed by atoms with Crippen molar-refractivity contribution < 1.29 is 4.74 Å². The van der Waals surface area contributed by atoms with Crippen molar-refractivity contribution in [2.24, 2.45) is 7.05 Å². The Hall–Kier alpha value is -2.17. The standard InChI is InChI=1S/C13H18N4O/c1-3-18-13-8-10(4-5-12(13)14)15-9-11-6-7-16-17(11)2/h4-8,15H,3,9,14H2,1-2H3. The molecular weight excluding hydrogens is 228 g/mol. The molecular formula is C13H18N4O. The van der Waals surface area contributed by atoms with Gasteiger partial charge in [0.15, 0.2) is 0 Å². The molecule has 0 aliphatic heterocycles. The summed E-state index contributed by atoms with van der Waals surface area (Å²) in [6, 6.07) is 7.67. The first-order valence-corrected chi connectivity index (χ1v) is 5.93. The summed E-state index contributed by atoms with van der Waals surface area (Å²) < 4.78 is 7.30. The molecule has 0 saturated carbocycles. The van der Waals surface area contributed by atoms with Crippen LogP contribution >= 0.6 is 0 Å². The minimum absolute atomic E-state index is 0.607. The number of nitrogens with two attached hydrogens (primary N) is 1. The minimum atomic E-state index is 0.607. The molecule has 0 radical (unpaired) electrons. The van der Waals surface area contributed by atoms with Gasteiger partial charge in [0.05, 0.1) is 24.5 Å². The number of hydrogen-bond acceptors (Lipinski definition) is 4. The van der Waals surface area contributed by atoms with Crippen LogP contribution < -0.4 is 15.8 Å². The number of nitrogen functional groups attached to an aromatic ring is 1. The molecule has 0 spiro atoms. The van der Waals surface area contributed by atoms with E-state index in [1.165, 1.54) is 0 Å². The highest BCUT2D eigenvalue weighted by atomic mass is 16.5. The molecule has 5 heteroatoms. The lowest BCUT2D eigenvalue weighted by molar-refractivity contribution is 0.342. The van der Waals surface area contributed by atoms with Crippen LogP contribution in [-0.4, -0.2) is 16.4 Å². The summed E-state index contributed by atoms with van der Waals surface area (Å²) in [7, 11) is 1.92. The Morgan fingerprint density at radius 3 is 2.89 bits per heavy atom. The normalized spacial score (nSPS) is 10.3. The molecule has 0 amide bonds. The lowest BCUT2D eigenvalue weighted by Gasteiger charge is -2.11. The summed E-state index contributed by atoms with van der Waals surface area (Å²) in [5.41, 5.74) is 8.57. The Balaban J connectivity index is 2.05. The van der Waals surface area contributed by atoms with E-state index in [2.05, 4.69) is 10.4 Å². The quantitative estimate of drug-likeness (QED) is 0.792. The molecule has 18 heavy (non-hydrogen) atoms. The Bertz CT molecular complexity index is 521. The topological polar surface area (TPSA) is 65.1 Å². The maximum Gasteiger partial charge on any atom is 0.144 e. The highest BCUT2D eigenvalue weighted by molar-refractivity contribution is 5.61. The molecule has 0 unspecified atom stereocenters. The fourth-order valence-corrected chi connectivity index (χ4v) is 1.69. The zero-order valence-electron chi connectivity index (χ0n) is 10.7. The predicted molar refractivity (Wildman–Crippen MR) is 72.6 cm³/mol. The highest BCUT2D eigenvalue weighted by Crippen LogP contribution is 2.25. The van der Waals surface area contributed by atoms with Gasteiger partial charge in [-0.3, -0.25) is 4.68 Å². The van der Waals surface area contributed by atoms with E-state index in [9.17, 15) is 0 Å². The van der Waals surface area contributed by atoms with Gasteiger partial charge in [-0.25, -0.2) is 0 Å². The van der Waals surface area contributed by atoms with Crippen LogP contribution in [0.1, 0.15) is 12.6 Å². The molecule has 0 bridgehead atoms. The Labute approximate surface area is 107 Å². The van der Waals surface area contributed by atoms with Crippen LogP contribution in [0.2, 0.25) is 0 Å². The van der Waals surface area contributed by atoms with Gasteiger partial charge in [-0.1, -0.05) is 0 Å². The number of nitrogens with zero attached hydrogens (tertiary/aromatic N) is 2. The van der Waals surface area contributed by atoms with E-state index in [0.29, 0.717) is 24.6 Å². The summed E-state index contributed by atoms with van der Waals surface area (Å²) in [5.74, 6) is 0.715. The third-order valence-corrected chi connectivity index (χ3v) is 2.71. The van der Waals surface area contributed by atoms with Gasteiger partial charge in [-0.2, -0.15) is 5.10 Å². The number of benzene rings is 1. The maximum atomic E-state index is 5.82. The summed E-state index contributed by atoms with van der Waals surface area (Å²) in [5, 5.41) is 7.44. The van der Waals surface area contributed by atoms with Gasteiger partial charge in [0.25, 0.3) is 0 Å². The van der Waals surface area contributed by atoms with E-state index in [1.54, 1.807) is 6.20 Å². The number of ether oxygens (including phenoxy) is 1. The molecule has 0 atom stereocenters. The Morgan fingerprint density at radius 2 is 2.22 bits per heavy atom. The van der Waals surface area contributed by atoms with Crippen LogP contribution in [0.3, 0.4) is 0 Å². The second kappa shape index (κ2) is 5.44. The van der Waals surface area contributed by atoms with Crippen LogP contribution in [0.15, 0.2) is 30.5 Å². The smallest absolute Gasteiger partial charge is 0.144 e. The second-order valence-corrected chi connectivity index (χ2v) is 3.99. The zero-order chi connectivity index (χ0) is 13.0. The number of rotatable bonds is 5. The molecule has 5 nitrogen and oxygen atoms in total. The molecule has 0 saturated heterocycles. The van der Waals surface area contributed by atoms with Crippen molar-refractivity contribution in [3.8, 4) is 5.75 Å². The van der Waals surface area contributed by atoms with Crippen LogP contribution in [0.5, 0.6) is 5.75 Å². The van der Waals surface area contributed by atoms with Gasteiger partial charge >= 0.3 is 0 Å². The van der Waals surface area contributed by atoms with Crippen LogP contribution in [0.4, 0.5) is 11.4 Å². The molecule has 0 aliphatic carbocycles. The van der Waals surface area contributed by atoms with Crippen LogP contribution in [0.25, 0.3) is 0 Å². The fraction of sp³-hybridized carbons (Fsp3) is 0.308. The largest absolute Gasteiger partial charge is 0.492 e. The van der Waals surface area contributed by atoms with Crippen molar-refractivity contribution in [3.63, 3.8) is 0 Å². The molecule has 3 N–H and O–H groups in total. The van der Waals surface area contributed by atoms with Crippen LogP contribution in [0, 0.1) is 0 Å². The lowest BCUT2D eigenvalue weighted by Crippen LogP contribution is -2.06. The first-order valence-electron chi connectivity index (χ1n) is 5.93.